The summed E-state index contributed by atoms with van der Waals surface area (Å²) < 4.78 is 17.5. The Hall–Kier alpha value is -1.62. The molecule has 0 saturated heterocycles. The monoisotopic (exact) mass is 214 g/mol. The highest BCUT2D eigenvalue weighted by atomic mass is 19.1. The van der Waals surface area contributed by atoms with Gasteiger partial charge in [-0.2, -0.15) is 0 Å². The van der Waals surface area contributed by atoms with E-state index in [-0.39, 0.29) is 17.7 Å². The summed E-state index contributed by atoms with van der Waals surface area (Å²) in [5, 5.41) is 18.4. The maximum atomic E-state index is 13.2. The fraction of sp³-hybridized carbons (Fsp3) is 0.300. The van der Waals surface area contributed by atoms with Crippen LogP contribution in [0.1, 0.15) is 18.1 Å². The molecule has 82 valence electrons. The van der Waals surface area contributed by atoms with Gasteiger partial charge in [0.15, 0.2) is 0 Å². The smallest absolute Gasteiger partial charge is 0.308 e. The molecule has 0 saturated carbocycles. The zero-order valence-electron chi connectivity index (χ0n) is 8.11. The van der Waals surface area contributed by atoms with Crippen LogP contribution in [0.25, 0.3) is 0 Å². The van der Waals surface area contributed by atoms with E-state index in [9.17, 15) is 14.3 Å². The number of aliphatic hydroxyl groups excluding tert-OH is 1. The van der Waals surface area contributed by atoms with Crippen LogP contribution < -0.4 is 0 Å². The molecular formula is C10H11FO4. The van der Waals surface area contributed by atoms with E-state index in [0.29, 0.717) is 0 Å². The van der Waals surface area contributed by atoms with Crippen molar-refractivity contribution < 1.29 is 24.1 Å². The molecule has 0 heterocycles. The number of carbonyl (C=O) groups excluding carboxylic acids is 1. The lowest BCUT2D eigenvalue weighted by Crippen LogP contribution is -2.09. The van der Waals surface area contributed by atoms with Crippen LogP contribution in [0.2, 0.25) is 0 Å². The van der Waals surface area contributed by atoms with E-state index < -0.39 is 17.9 Å². The molecule has 0 fully saturated rings. The van der Waals surface area contributed by atoms with Gasteiger partial charge in [0.05, 0.1) is 19.6 Å². The first-order valence-electron chi connectivity index (χ1n) is 4.28. The van der Waals surface area contributed by atoms with Crippen molar-refractivity contribution in [2.45, 2.75) is 12.5 Å². The predicted octanol–water partition coefficient (Wildman–Crippen LogP) is 1.13. The molecule has 15 heavy (non-hydrogen) atoms. The Labute approximate surface area is 85.9 Å². The minimum atomic E-state index is -1.27. The average Bonchev–Trinajstić information content (AvgIpc) is 2.17. The van der Waals surface area contributed by atoms with Crippen molar-refractivity contribution in [3.05, 3.63) is 29.6 Å². The van der Waals surface area contributed by atoms with Gasteiger partial charge in [0.25, 0.3) is 0 Å². The van der Waals surface area contributed by atoms with E-state index in [2.05, 4.69) is 4.74 Å². The van der Waals surface area contributed by atoms with E-state index in [0.717, 1.165) is 6.07 Å². The first-order valence-corrected chi connectivity index (χ1v) is 4.28. The van der Waals surface area contributed by atoms with Crippen molar-refractivity contribution in [3.63, 3.8) is 0 Å². The largest absolute Gasteiger partial charge is 0.508 e. The van der Waals surface area contributed by atoms with E-state index in [1.807, 2.05) is 0 Å². The Morgan fingerprint density at radius 3 is 2.80 bits per heavy atom. The molecular weight excluding hydrogens is 203 g/mol. The normalized spacial score (nSPS) is 12.2. The second kappa shape index (κ2) is 4.75. The van der Waals surface area contributed by atoms with Crippen molar-refractivity contribution in [1.29, 1.82) is 0 Å². The van der Waals surface area contributed by atoms with E-state index in [4.69, 9.17) is 5.11 Å². The number of aliphatic hydroxyl groups is 1. The van der Waals surface area contributed by atoms with Crippen LogP contribution in [0.5, 0.6) is 5.75 Å². The van der Waals surface area contributed by atoms with Crippen LogP contribution in [0, 0.1) is 5.82 Å². The summed E-state index contributed by atoms with van der Waals surface area (Å²) in [6.07, 6.45) is -1.59. The summed E-state index contributed by atoms with van der Waals surface area (Å²) in [6.45, 7) is 0. The highest BCUT2D eigenvalue weighted by Gasteiger charge is 2.17. The Bertz CT molecular complexity index is 364. The third kappa shape index (κ3) is 2.92. The molecule has 0 aromatic heterocycles. The average molecular weight is 214 g/mol. The van der Waals surface area contributed by atoms with Crippen LogP contribution in [-0.2, 0) is 9.53 Å². The van der Waals surface area contributed by atoms with Crippen molar-refractivity contribution in [1.82, 2.24) is 0 Å². The summed E-state index contributed by atoms with van der Waals surface area (Å²) in [5.74, 6) is -1.62. The van der Waals surface area contributed by atoms with Crippen molar-refractivity contribution in [2.75, 3.05) is 7.11 Å². The summed E-state index contributed by atoms with van der Waals surface area (Å²) in [4.78, 5) is 10.8. The van der Waals surface area contributed by atoms with Crippen LogP contribution in [-0.4, -0.2) is 23.3 Å². The Kier molecular flexibility index (Phi) is 3.62. The molecule has 0 aliphatic rings. The number of carbonyl (C=O) groups is 1. The fourth-order valence-electron chi connectivity index (χ4n) is 1.14. The van der Waals surface area contributed by atoms with Gasteiger partial charge < -0.3 is 14.9 Å². The summed E-state index contributed by atoms with van der Waals surface area (Å²) in [5.41, 5.74) is -0.0433. The van der Waals surface area contributed by atoms with E-state index >= 15 is 0 Å². The Balaban J connectivity index is 2.82. The highest BCUT2D eigenvalue weighted by Crippen LogP contribution is 2.23. The number of ether oxygens (including phenoxy) is 1. The van der Waals surface area contributed by atoms with Gasteiger partial charge in [-0.15, -0.1) is 0 Å². The molecule has 1 aromatic rings. The number of methoxy groups -OCH3 is 1. The van der Waals surface area contributed by atoms with Gasteiger partial charge in [0.2, 0.25) is 0 Å². The standard InChI is InChI=1S/C10H11FO4/c1-15-10(14)5-9(13)7-3-2-6(12)4-8(7)11/h2-4,9,12-13H,5H2,1H3/t9-/m0/s1. The quantitative estimate of drug-likeness (QED) is 0.740. The number of hydrogen-bond acceptors (Lipinski definition) is 4. The SMILES string of the molecule is COC(=O)C[C@H](O)c1ccc(O)cc1F. The number of rotatable bonds is 3. The summed E-state index contributed by atoms with van der Waals surface area (Å²) in [6, 6.07) is 3.33. The van der Waals surface area contributed by atoms with Gasteiger partial charge in [-0.05, 0) is 12.1 Å². The molecule has 0 aliphatic heterocycles. The lowest BCUT2D eigenvalue weighted by molar-refractivity contribution is -0.142. The molecule has 0 bridgehead atoms. The second-order valence-corrected chi connectivity index (χ2v) is 3.00. The molecule has 0 aliphatic carbocycles. The van der Waals surface area contributed by atoms with Crippen LogP contribution in [0.4, 0.5) is 4.39 Å². The minimum absolute atomic E-state index is 0.0433. The maximum Gasteiger partial charge on any atom is 0.308 e. The molecule has 2 N–H and O–H groups in total. The van der Waals surface area contributed by atoms with Crippen LogP contribution in [0.3, 0.4) is 0 Å². The van der Waals surface area contributed by atoms with E-state index in [1.165, 1.54) is 19.2 Å². The third-order valence-electron chi connectivity index (χ3n) is 1.93. The van der Waals surface area contributed by atoms with Crippen molar-refractivity contribution in [3.8, 4) is 5.75 Å². The van der Waals surface area contributed by atoms with Crippen LogP contribution >= 0.6 is 0 Å². The number of phenolic OH excluding ortho intramolecular Hbond substituents is 1. The van der Waals surface area contributed by atoms with Crippen molar-refractivity contribution in [2.24, 2.45) is 0 Å². The number of halogens is 1. The first-order chi connectivity index (χ1) is 7.04. The Morgan fingerprint density at radius 1 is 1.60 bits per heavy atom. The van der Waals surface area contributed by atoms with Gasteiger partial charge in [-0.25, -0.2) is 4.39 Å². The lowest BCUT2D eigenvalue weighted by Gasteiger charge is -2.10. The molecule has 0 spiro atoms. The number of esters is 1. The highest BCUT2D eigenvalue weighted by molar-refractivity contribution is 5.70. The molecule has 0 radical (unpaired) electrons. The zero-order valence-corrected chi connectivity index (χ0v) is 8.11. The summed E-state index contributed by atoms with van der Waals surface area (Å²) in [7, 11) is 1.18. The minimum Gasteiger partial charge on any atom is -0.508 e. The van der Waals surface area contributed by atoms with Gasteiger partial charge in [0, 0.05) is 11.6 Å². The topological polar surface area (TPSA) is 66.8 Å². The fourth-order valence-corrected chi connectivity index (χ4v) is 1.14. The second-order valence-electron chi connectivity index (χ2n) is 3.00. The molecule has 1 atom stereocenters. The summed E-state index contributed by atoms with van der Waals surface area (Å²) >= 11 is 0. The number of phenols is 1. The number of hydrogen-bond donors (Lipinski definition) is 2. The molecule has 4 nitrogen and oxygen atoms in total. The van der Waals surface area contributed by atoms with Crippen molar-refractivity contribution >= 4 is 5.97 Å². The van der Waals surface area contributed by atoms with E-state index in [1.54, 1.807) is 0 Å². The molecule has 1 aromatic carbocycles. The predicted molar refractivity (Wildman–Crippen MR) is 49.7 cm³/mol. The van der Waals surface area contributed by atoms with Gasteiger partial charge in [0.1, 0.15) is 11.6 Å². The molecule has 5 heteroatoms. The van der Waals surface area contributed by atoms with Gasteiger partial charge in [-0.1, -0.05) is 0 Å². The molecule has 0 amide bonds. The number of benzene rings is 1. The Morgan fingerprint density at radius 2 is 2.27 bits per heavy atom. The van der Waals surface area contributed by atoms with Gasteiger partial charge in [-0.3, -0.25) is 4.79 Å². The first kappa shape index (κ1) is 11.5. The third-order valence-corrected chi connectivity index (χ3v) is 1.93. The number of aromatic hydroxyl groups is 1. The van der Waals surface area contributed by atoms with Gasteiger partial charge >= 0.3 is 5.97 Å². The molecule has 1 rings (SSSR count). The maximum absolute atomic E-state index is 13.2. The van der Waals surface area contributed by atoms with Crippen LogP contribution in [0.15, 0.2) is 18.2 Å². The molecule has 0 unspecified atom stereocenters. The zero-order chi connectivity index (χ0) is 11.4. The lowest BCUT2D eigenvalue weighted by atomic mass is 10.1.